The van der Waals surface area contributed by atoms with E-state index in [0.29, 0.717) is 42.6 Å². The van der Waals surface area contributed by atoms with Crippen molar-refractivity contribution in [1.29, 1.82) is 0 Å². The Hall–Kier alpha value is -4.47. The van der Waals surface area contributed by atoms with Crippen LogP contribution in [0.5, 0.6) is 0 Å². The molecule has 0 aliphatic heterocycles. The number of hydrogen-bond donors (Lipinski definition) is 2. The highest BCUT2D eigenvalue weighted by Gasteiger charge is 2.72. The molecule has 0 bridgehead atoms. The second-order valence-electron chi connectivity index (χ2n) is 23.1. The Balaban J connectivity index is 0.890. The molecule has 5 fully saturated rings. The fourth-order valence-corrected chi connectivity index (χ4v) is 15.5. The number of nitrogens with one attached hydrogen (secondary N) is 2. The van der Waals surface area contributed by atoms with Crippen LogP contribution in [0.2, 0.25) is 0 Å². The average Bonchev–Trinajstić information content (AvgIpc) is 3.71. The van der Waals surface area contributed by atoms with Gasteiger partial charge in [0, 0.05) is 25.3 Å². The zero-order valence-corrected chi connectivity index (χ0v) is 42.4. The van der Waals surface area contributed by atoms with E-state index in [9.17, 15) is 24.0 Å². The minimum atomic E-state index is -1.16. The Bertz CT molecular complexity index is 2120. The van der Waals surface area contributed by atoms with E-state index in [1.165, 1.54) is 18.4 Å². The highest BCUT2D eigenvalue weighted by atomic mass is 16.5. The quantitative estimate of drug-likeness (QED) is 0.0615. The van der Waals surface area contributed by atoms with E-state index in [2.05, 4.69) is 58.8 Å². The lowest BCUT2D eigenvalue weighted by Gasteiger charge is -2.72. The molecule has 10 nitrogen and oxygen atoms in total. The number of unbranched alkanes of at least 4 members (excludes halogenated alkanes) is 4. The smallest absolute Gasteiger partial charge is 0.329 e. The summed E-state index contributed by atoms with van der Waals surface area (Å²) in [5.41, 5.74) is 2.92. The molecule has 5 aliphatic carbocycles. The van der Waals surface area contributed by atoms with Crippen LogP contribution in [0.4, 0.5) is 0 Å². The summed E-state index contributed by atoms with van der Waals surface area (Å²) < 4.78 is 16.9. The molecule has 0 unspecified atom stereocenters. The second kappa shape index (κ2) is 21.3. The van der Waals surface area contributed by atoms with Gasteiger partial charge in [-0.2, -0.15) is 0 Å². The molecule has 2 amide bonds. The number of amides is 2. The lowest BCUT2D eigenvalue weighted by molar-refractivity contribution is -0.248. The van der Waals surface area contributed by atoms with Crippen LogP contribution in [0.3, 0.4) is 0 Å². The van der Waals surface area contributed by atoms with Crippen molar-refractivity contribution in [3.05, 3.63) is 83.9 Å². The Kier molecular flexibility index (Phi) is 16.1. The summed E-state index contributed by atoms with van der Waals surface area (Å²) in [4.78, 5) is 65.9. The largest absolute Gasteiger partial charge is 0.462 e. The first-order valence-corrected chi connectivity index (χ1v) is 26.2. The molecule has 5 saturated carbocycles. The Morgan fingerprint density at radius 3 is 2.00 bits per heavy atom. The van der Waals surface area contributed by atoms with Crippen molar-refractivity contribution in [3.63, 3.8) is 0 Å². The third-order valence-corrected chi connectivity index (χ3v) is 19.1. The van der Waals surface area contributed by atoms with Crippen LogP contribution in [-0.2, 0) is 51.4 Å². The molecule has 68 heavy (non-hydrogen) atoms. The van der Waals surface area contributed by atoms with Gasteiger partial charge in [0.25, 0.3) is 0 Å². The molecule has 0 heterocycles. The van der Waals surface area contributed by atoms with Gasteiger partial charge in [0.05, 0.1) is 11.8 Å². The van der Waals surface area contributed by atoms with Gasteiger partial charge in [0.2, 0.25) is 11.8 Å². The Labute approximate surface area is 407 Å². The van der Waals surface area contributed by atoms with Crippen molar-refractivity contribution in [2.45, 2.75) is 183 Å². The molecule has 7 rings (SSSR count). The van der Waals surface area contributed by atoms with Crippen molar-refractivity contribution in [2.24, 2.45) is 56.7 Å². The van der Waals surface area contributed by atoms with Crippen LogP contribution in [0.25, 0.3) is 0 Å². The van der Waals surface area contributed by atoms with Gasteiger partial charge in [-0.25, -0.2) is 4.79 Å². The average molecular weight is 935 g/mol. The molecular weight excluding hydrogens is 853 g/mol. The van der Waals surface area contributed by atoms with E-state index in [1.54, 1.807) is 6.92 Å². The zero-order valence-electron chi connectivity index (χ0n) is 42.4. The molecule has 372 valence electrons. The topological polar surface area (TPSA) is 137 Å². The molecular formula is C58H82N2O8. The number of allylic oxidation sites excluding steroid dienone is 1. The summed E-state index contributed by atoms with van der Waals surface area (Å²) >= 11 is 0. The number of ether oxygens (including phenoxy) is 3. The van der Waals surface area contributed by atoms with E-state index >= 15 is 0 Å². The molecule has 2 aromatic carbocycles. The van der Waals surface area contributed by atoms with Crippen LogP contribution < -0.4 is 10.6 Å². The lowest BCUT2D eigenvalue weighted by Crippen LogP contribution is -2.67. The third-order valence-electron chi connectivity index (χ3n) is 19.1. The number of rotatable bonds is 19. The predicted octanol–water partition coefficient (Wildman–Crippen LogP) is 11.4. The zero-order chi connectivity index (χ0) is 48.9. The lowest BCUT2D eigenvalue weighted by atomic mass is 9.32. The molecule has 2 N–H and O–H groups in total. The van der Waals surface area contributed by atoms with E-state index in [1.807, 2.05) is 60.7 Å². The number of carbonyl (C=O) groups excluding carboxylic acids is 5. The standard InChI is InChI=1S/C58H82N2O8/c1-39(2)43-27-32-58(34-33-56(7)44(51(43)58)25-26-47-55(6)30-29-48(68-40(3)61)54(4,5)46(55)28-31-57(47,56)8)53(65)59-35-19-11-9-10-18-24-49(62)60-45(52(64)67-38-42-22-16-13-17-23-42)36-50(63)66-37-41-20-14-12-15-21-41/h12-17,20-23,43-48,51H,1,9-11,18-19,24-38H2,2-8H3,(H,59,65)(H,60,62)/t43-,44+,45-,46-,47+,48-,51+,55-,56+,57+,58-/m0/s1. The summed E-state index contributed by atoms with van der Waals surface area (Å²) in [6.07, 6.45) is 14.8. The second-order valence-corrected chi connectivity index (χ2v) is 23.1. The number of benzene rings is 2. The van der Waals surface area contributed by atoms with Gasteiger partial charge in [-0.1, -0.05) is 127 Å². The van der Waals surface area contributed by atoms with Gasteiger partial charge < -0.3 is 24.8 Å². The number of carbonyl (C=O) groups is 5. The minimum Gasteiger partial charge on any atom is -0.462 e. The van der Waals surface area contributed by atoms with Crippen molar-refractivity contribution < 1.29 is 38.2 Å². The molecule has 10 heteroatoms. The summed E-state index contributed by atoms with van der Waals surface area (Å²) in [6.45, 7) is 21.6. The van der Waals surface area contributed by atoms with Gasteiger partial charge in [-0.05, 0) is 141 Å². The van der Waals surface area contributed by atoms with Crippen LogP contribution in [0.1, 0.15) is 169 Å². The molecule has 2 aromatic rings. The number of fused-ring (bicyclic) bond motifs is 7. The SMILES string of the molecule is C=C(C)[C@@H]1CC[C@]2(C(=O)NCCCCCCCC(=O)N[C@@H](CC(=O)OCc3ccccc3)C(=O)OCc3ccccc3)CC[C@]3(C)[C@H](CC[C@@H]4[C@@]5(C)CC[C@H](OC(C)=O)C(C)(C)[C@@H]5CC[C@]43C)[C@@H]12. The first-order valence-electron chi connectivity index (χ1n) is 26.2. The first kappa shape index (κ1) is 51.4. The first-order chi connectivity index (χ1) is 32.4. The van der Waals surface area contributed by atoms with Gasteiger partial charge >= 0.3 is 17.9 Å². The van der Waals surface area contributed by atoms with Crippen LogP contribution in [-0.4, -0.2) is 48.4 Å². The summed E-state index contributed by atoms with van der Waals surface area (Å²) in [6, 6.07) is 17.4. The van der Waals surface area contributed by atoms with Gasteiger partial charge in [-0.15, -0.1) is 0 Å². The highest BCUT2D eigenvalue weighted by Crippen LogP contribution is 2.77. The molecule has 11 atom stereocenters. The number of hydrogen-bond acceptors (Lipinski definition) is 8. The third kappa shape index (κ3) is 10.4. The van der Waals surface area contributed by atoms with Crippen LogP contribution in [0, 0.1) is 56.7 Å². The van der Waals surface area contributed by atoms with E-state index < -0.39 is 18.0 Å². The van der Waals surface area contributed by atoms with Gasteiger partial charge in [-0.3, -0.25) is 19.2 Å². The maximum absolute atomic E-state index is 14.7. The van der Waals surface area contributed by atoms with Gasteiger partial charge in [0.1, 0.15) is 25.4 Å². The van der Waals surface area contributed by atoms with Gasteiger partial charge in [0.15, 0.2) is 0 Å². The monoisotopic (exact) mass is 935 g/mol. The van der Waals surface area contributed by atoms with Crippen LogP contribution >= 0.6 is 0 Å². The summed E-state index contributed by atoms with van der Waals surface area (Å²) in [5, 5.41) is 6.20. The molecule has 0 aromatic heterocycles. The fraction of sp³-hybridized carbons (Fsp3) is 0.672. The summed E-state index contributed by atoms with van der Waals surface area (Å²) in [5.74, 6) is 0.724. The molecule has 5 aliphatic rings. The van der Waals surface area contributed by atoms with Crippen molar-refractivity contribution >= 4 is 29.7 Å². The molecule has 0 spiro atoms. The van der Waals surface area contributed by atoms with Crippen molar-refractivity contribution in [1.82, 2.24) is 10.6 Å². The van der Waals surface area contributed by atoms with E-state index in [4.69, 9.17) is 14.2 Å². The normalized spacial score (nSPS) is 32.7. The molecule has 0 radical (unpaired) electrons. The highest BCUT2D eigenvalue weighted by molar-refractivity contribution is 5.88. The van der Waals surface area contributed by atoms with Crippen LogP contribution in [0.15, 0.2) is 72.8 Å². The summed E-state index contributed by atoms with van der Waals surface area (Å²) in [7, 11) is 0. The Morgan fingerprint density at radius 2 is 1.34 bits per heavy atom. The van der Waals surface area contributed by atoms with E-state index in [0.717, 1.165) is 88.2 Å². The Morgan fingerprint density at radius 1 is 0.691 bits per heavy atom. The fourth-order valence-electron chi connectivity index (χ4n) is 15.5. The maximum Gasteiger partial charge on any atom is 0.329 e. The number of esters is 3. The van der Waals surface area contributed by atoms with E-state index in [-0.39, 0.29) is 77.0 Å². The molecule has 0 saturated heterocycles. The maximum atomic E-state index is 14.7. The van der Waals surface area contributed by atoms with Crippen molar-refractivity contribution in [2.75, 3.05) is 6.54 Å². The minimum absolute atomic E-state index is 0.0296. The predicted molar refractivity (Wildman–Crippen MR) is 264 cm³/mol. The van der Waals surface area contributed by atoms with Crippen molar-refractivity contribution in [3.8, 4) is 0 Å².